The lowest BCUT2D eigenvalue weighted by Crippen LogP contribution is -2.35. The molecule has 0 bridgehead atoms. The average molecular weight is 171 g/mol. The molecule has 0 unspecified atom stereocenters. The van der Waals surface area contributed by atoms with Crippen LogP contribution in [0, 0.1) is 0 Å². The molecule has 2 N–H and O–H groups in total. The largest absolute Gasteiger partial charge is 0.359 e. The van der Waals surface area contributed by atoms with Crippen molar-refractivity contribution in [2.75, 3.05) is 20.6 Å². The van der Waals surface area contributed by atoms with Crippen LogP contribution in [0.5, 0.6) is 0 Å². The molecule has 12 heavy (non-hydrogen) atoms. The molecule has 0 aliphatic heterocycles. The molecule has 0 amide bonds. The molecular weight excluding hydrogens is 150 g/mol. The Labute approximate surface area is 75.7 Å². The van der Waals surface area contributed by atoms with Crippen molar-refractivity contribution in [3.63, 3.8) is 0 Å². The molecule has 3 nitrogen and oxygen atoms in total. The fourth-order valence-corrected chi connectivity index (χ4v) is 1.04. The second-order valence-electron chi connectivity index (χ2n) is 2.81. The molecule has 0 heterocycles. The van der Waals surface area contributed by atoms with Crippen LogP contribution in [-0.2, 0) is 0 Å². The van der Waals surface area contributed by atoms with Gasteiger partial charge in [0, 0.05) is 20.6 Å². The highest BCUT2D eigenvalue weighted by atomic mass is 15.1. The summed E-state index contributed by atoms with van der Waals surface area (Å²) in [6.07, 6.45) is 5.17. The van der Waals surface area contributed by atoms with Gasteiger partial charge >= 0.3 is 0 Å². The third kappa shape index (κ3) is 6.01. The number of hydrogen-bond donors (Lipinski definition) is 2. The van der Waals surface area contributed by atoms with Crippen molar-refractivity contribution < 1.29 is 0 Å². The number of guanidine groups is 1. The lowest BCUT2D eigenvalue weighted by atomic mass is 10.2. The molecule has 0 spiro atoms. The molecular formula is C9H21N3. The first-order valence-electron chi connectivity index (χ1n) is 4.73. The number of nitrogens with zero attached hydrogens (tertiary/aromatic N) is 1. The van der Waals surface area contributed by atoms with Crippen molar-refractivity contribution in [2.45, 2.75) is 32.6 Å². The van der Waals surface area contributed by atoms with Crippen molar-refractivity contribution in [1.82, 2.24) is 10.6 Å². The predicted octanol–water partition coefficient (Wildman–Crippen LogP) is 1.36. The highest BCUT2D eigenvalue weighted by molar-refractivity contribution is 5.79. The van der Waals surface area contributed by atoms with Gasteiger partial charge in [0.15, 0.2) is 5.96 Å². The Balaban J connectivity index is 3.18. The van der Waals surface area contributed by atoms with Crippen molar-refractivity contribution in [3.05, 3.63) is 0 Å². The molecule has 0 aromatic carbocycles. The lowest BCUT2D eigenvalue weighted by molar-refractivity contribution is 0.650. The summed E-state index contributed by atoms with van der Waals surface area (Å²) in [5.74, 6) is 0.881. The van der Waals surface area contributed by atoms with Crippen LogP contribution < -0.4 is 10.6 Å². The van der Waals surface area contributed by atoms with E-state index in [1.807, 2.05) is 7.05 Å². The monoisotopic (exact) mass is 171 g/mol. The Hall–Kier alpha value is -0.730. The number of nitrogens with one attached hydrogen (secondary N) is 2. The summed E-state index contributed by atoms with van der Waals surface area (Å²) in [5.41, 5.74) is 0. The highest BCUT2D eigenvalue weighted by Crippen LogP contribution is 1.96. The van der Waals surface area contributed by atoms with E-state index in [0.717, 1.165) is 12.5 Å². The molecule has 0 aliphatic carbocycles. The van der Waals surface area contributed by atoms with Gasteiger partial charge in [0.1, 0.15) is 0 Å². The second-order valence-corrected chi connectivity index (χ2v) is 2.81. The van der Waals surface area contributed by atoms with Gasteiger partial charge in [-0.05, 0) is 6.42 Å². The topological polar surface area (TPSA) is 36.4 Å². The van der Waals surface area contributed by atoms with Crippen molar-refractivity contribution >= 4 is 5.96 Å². The van der Waals surface area contributed by atoms with Crippen molar-refractivity contribution in [3.8, 4) is 0 Å². The Kier molecular flexibility index (Phi) is 7.86. The fraction of sp³-hybridized carbons (Fsp3) is 0.889. The summed E-state index contributed by atoms with van der Waals surface area (Å²) in [5, 5.41) is 6.20. The zero-order chi connectivity index (χ0) is 9.23. The summed E-state index contributed by atoms with van der Waals surface area (Å²) >= 11 is 0. The minimum absolute atomic E-state index is 0.881. The number of rotatable bonds is 5. The molecule has 0 radical (unpaired) electrons. The molecule has 72 valence electrons. The van der Waals surface area contributed by atoms with E-state index < -0.39 is 0 Å². The van der Waals surface area contributed by atoms with Gasteiger partial charge in [0.2, 0.25) is 0 Å². The van der Waals surface area contributed by atoms with Crippen molar-refractivity contribution in [1.29, 1.82) is 0 Å². The second kappa shape index (κ2) is 8.37. The minimum atomic E-state index is 0.881. The zero-order valence-electron chi connectivity index (χ0n) is 8.48. The van der Waals surface area contributed by atoms with Crippen LogP contribution >= 0.6 is 0 Å². The predicted molar refractivity (Wildman–Crippen MR) is 54.6 cm³/mol. The maximum atomic E-state index is 4.02. The molecule has 0 atom stereocenters. The molecule has 0 saturated carbocycles. The van der Waals surface area contributed by atoms with Crippen LogP contribution in [0.25, 0.3) is 0 Å². The molecule has 0 rings (SSSR count). The SMILES string of the molecule is CCCCCCNC(=NC)NC. The Bertz CT molecular complexity index is 121. The van der Waals surface area contributed by atoms with Gasteiger partial charge in [0.25, 0.3) is 0 Å². The lowest BCUT2D eigenvalue weighted by Gasteiger charge is -2.07. The number of aliphatic imine (C=N–C) groups is 1. The highest BCUT2D eigenvalue weighted by Gasteiger charge is 1.91. The molecule has 0 aromatic heterocycles. The van der Waals surface area contributed by atoms with E-state index in [1.54, 1.807) is 7.05 Å². The minimum Gasteiger partial charge on any atom is -0.359 e. The first kappa shape index (κ1) is 11.3. The quantitative estimate of drug-likeness (QED) is 0.372. The molecule has 3 heteroatoms. The fourth-order valence-electron chi connectivity index (χ4n) is 1.04. The average Bonchev–Trinajstić information content (AvgIpc) is 2.11. The van der Waals surface area contributed by atoms with E-state index in [0.29, 0.717) is 0 Å². The van der Waals surface area contributed by atoms with E-state index in [-0.39, 0.29) is 0 Å². The maximum absolute atomic E-state index is 4.02. The van der Waals surface area contributed by atoms with E-state index in [1.165, 1.54) is 25.7 Å². The van der Waals surface area contributed by atoms with Crippen LogP contribution in [0.15, 0.2) is 4.99 Å². The smallest absolute Gasteiger partial charge is 0.190 e. The maximum Gasteiger partial charge on any atom is 0.190 e. The summed E-state index contributed by atoms with van der Waals surface area (Å²) in [4.78, 5) is 4.02. The van der Waals surface area contributed by atoms with E-state index >= 15 is 0 Å². The Morgan fingerprint density at radius 1 is 1.25 bits per heavy atom. The van der Waals surface area contributed by atoms with Gasteiger partial charge in [0.05, 0.1) is 0 Å². The van der Waals surface area contributed by atoms with Gasteiger partial charge in [-0.25, -0.2) is 0 Å². The molecule has 0 aromatic rings. The van der Waals surface area contributed by atoms with E-state index in [9.17, 15) is 0 Å². The van der Waals surface area contributed by atoms with E-state index in [2.05, 4.69) is 22.5 Å². The Morgan fingerprint density at radius 3 is 2.50 bits per heavy atom. The summed E-state index contributed by atoms with van der Waals surface area (Å²) < 4.78 is 0. The van der Waals surface area contributed by atoms with Gasteiger partial charge in [-0.1, -0.05) is 26.2 Å². The van der Waals surface area contributed by atoms with Crippen molar-refractivity contribution in [2.24, 2.45) is 4.99 Å². The van der Waals surface area contributed by atoms with Crippen LogP contribution in [0.1, 0.15) is 32.6 Å². The van der Waals surface area contributed by atoms with Crippen LogP contribution in [0.2, 0.25) is 0 Å². The standard InChI is InChI=1S/C9H21N3/c1-4-5-6-7-8-12-9(10-2)11-3/h4-8H2,1-3H3,(H2,10,11,12). The van der Waals surface area contributed by atoms with E-state index in [4.69, 9.17) is 0 Å². The summed E-state index contributed by atoms with van der Waals surface area (Å²) in [6.45, 7) is 3.24. The summed E-state index contributed by atoms with van der Waals surface area (Å²) in [6, 6.07) is 0. The molecule has 0 saturated heterocycles. The van der Waals surface area contributed by atoms with Gasteiger partial charge in [-0.3, -0.25) is 4.99 Å². The molecule has 0 aliphatic rings. The normalized spacial score (nSPS) is 11.4. The Morgan fingerprint density at radius 2 is 2.00 bits per heavy atom. The number of hydrogen-bond acceptors (Lipinski definition) is 1. The molecule has 0 fully saturated rings. The third-order valence-electron chi connectivity index (χ3n) is 1.78. The van der Waals surface area contributed by atoms with Gasteiger partial charge in [-0.15, -0.1) is 0 Å². The zero-order valence-corrected chi connectivity index (χ0v) is 8.48. The van der Waals surface area contributed by atoms with Crippen LogP contribution in [-0.4, -0.2) is 26.6 Å². The van der Waals surface area contributed by atoms with Crippen LogP contribution in [0.3, 0.4) is 0 Å². The first-order valence-corrected chi connectivity index (χ1v) is 4.73. The third-order valence-corrected chi connectivity index (χ3v) is 1.78. The number of unbranched alkanes of at least 4 members (excludes halogenated alkanes) is 3. The van der Waals surface area contributed by atoms with Crippen LogP contribution in [0.4, 0.5) is 0 Å². The van der Waals surface area contributed by atoms with Gasteiger partial charge < -0.3 is 10.6 Å². The van der Waals surface area contributed by atoms with Gasteiger partial charge in [-0.2, -0.15) is 0 Å². The summed E-state index contributed by atoms with van der Waals surface area (Å²) in [7, 11) is 3.66. The first-order chi connectivity index (χ1) is 5.85.